The maximum atomic E-state index is 13.2. The zero-order valence-corrected chi connectivity index (χ0v) is 18.4. The first-order valence-corrected chi connectivity index (χ1v) is 11.1. The van der Waals surface area contributed by atoms with Gasteiger partial charge in [0.2, 0.25) is 0 Å². The van der Waals surface area contributed by atoms with E-state index in [0.29, 0.717) is 23.8 Å². The van der Waals surface area contributed by atoms with Crippen molar-refractivity contribution in [1.82, 2.24) is 9.80 Å². The Labute approximate surface area is 188 Å². The number of carbonyl (C=O) groups is 1. The average molecular weight is 438 g/mol. The number of nitrogens with one attached hydrogen (secondary N) is 1. The van der Waals surface area contributed by atoms with Gasteiger partial charge in [-0.15, -0.1) is 0 Å². The molecule has 6 heteroatoms. The normalized spacial score (nSPS) is 14.5. The van der Waals surface area contributed by atoms with E-state index >= 15 is 0 Å². The molecule has 1 aliphatic rings. The number of nitrogens with zero attached hydrogens (tertiary/aromatic N) is 2. The van der Waals surface area contributed by atoms with Crippen molar-refractivity contribution >= 4 is 34.1 Å². The molecule has 0 unspecified atom stereocenters. The largest absolute Gasteiger partial charge is 0.379 e. The molecular formula is C25H28ClN3O2. The van der Waals surface area contributed by atoms with E-state index in [4.69, 9.17) is 16.3 Å². The van der Waals surface area contributed by atoms with Crippen LogP contribution in [-0.4, -0.2) is 55.2 Å². The number of hydrogen-bond acceptors (Lipinski definition) is 3. The number of carbonyl (C=O) groups excluding carboxylic acids is 1. The Morgan fingerprint density at radius 2 is 1.81 bits per heavy atom. The van der Waals surface area contributed by atoms with Crippen molar-refractivity contribution in [3.63, 3.8) is 0 Å². The van der Waals surface area contributed by atoms with E-state index in [1.165, 1.54) is 10.8 Å². The third-order valence-corrected chi connectivity index (χ3v) is 5.85. The molecule has 1 N–H and O–H groups in total. The van der Waals surface area contributed by atoms with E-state index in [9.17, 15) is 4.79 Å². The Bertz CT molecular complexity index is 1020. The third kappa shape index (κ3) is 5.97. The molecule has 5 nitrogen and oxygen atoms in total. The number of ether oxygens (including phenoxy) is 1. The van der Waals surface area contributed by atoms with Crippen molar-refractivity contribution in [2.24, 2.45) is 0 Å². The molecule has 0 aromatic heterocycles. The van der Waals surface area contributed by atoms with Gasteiger partial charge in [-0.1, -0.05) is 60.1 Å². The highest BCUT2D eigenvalue weighted by atomic mass is 35.5. The number of halogens is 1. The first-order chi connectivity index (χ1) is 15.2. The van der Waals surface area contributed by atoms with Gasteiger partial charge in [-0.3, -0.25) is 4.90 Å². The minimum Gasteiger partial charge on any atom is -0.379 e. The van der Waals surface area contributed by atoms with Crippen molar-refractivity contribution in [3.05, 3.63) is 77.3 Å². The molecule has 0 saturated carbocycles. The molecule has 162 valence electrons. The highest BCUT2D eigenvalue weighted by Crippen LogP contribution is 2.21. The second kappa shape index (κ2) is 10.6. The Morgan fingerprint density at radius 1 is 1.03 bits per heavy atom. The Morgan fingerprint density at radius 3 is 2.65 bits per heavy atom. The third-order valence-electron chi connectivity index (χ3n) is 5.61. The summed E-state index contributed by atoms with van der Waals surface area (Å²) in [5.41, 5.74) is 1.85. The number of amides is 2. The molecule has 4 rings (SSSR count). The van der Waals surface area contributed by atoms with Crippen LogP contribution in [0.15, 0.2) is 66.7 Å². The van der Waals surface area contributed by atoms with Crippen LogP contribution in [0.5, 0.6) is 0 Å². The first kappa shape index (κ1) is 21.6. The predicted octanol–water partition coefficient (Wildman–Crippen LogP) is 5.25. The second-order valence-corrected chi connectivity index (χ2v) is 8.24. The lowest BCUT2D eigenvalue weighted by atomic mass is 10.0. The van der Waals surface area contributed by atoms with Crippen LogP contribution in [0.1, 0.15) is 12.0 Å². The molecule has 1 fully saturated rings. The number of fused-ring (bicyclic) bond motifs is 1. The molecule has 31 heavy (non-hydrogen) atoms. The van der Waals surface area contributed by atoms with E-state index in [1.807, 2.05) is 29.2 Å². The molecule has 0 spiro atoms. The lowest BCUT2D eigenvalue weighted by Crippen LogP contribution is -2.40. The van der Waals surface area contributed by atoms with E-state index in [1.54, 1.807) is 12.1 Å². The topological polar surface area (TPSA) is 44.8 Å². The number of morpholine rings is 1. The maximum Gasteiger partial charge on any atom is 0.322 e. The SMILES string of the molecule is O=C(Nc1cccc(Cl)c1)N(CCCN1CCOCC1)Cc1cccc2ccccc12. The Hall–Kier alpha value is -2.60. The molecule has 0 radical (unpaired) electrons. The number of benzene rings is 3. The summed E-state index contributed by atoms with van der Waals surface area (Å²) in [7, 11) is 0. The molecule has 0 bridgehead atoms. The second-order valence-electron chi connectivity index (χ2n) is 7.81. The molecule has 0 aliphatic carbocycles. The van der Waals surface area contributed by atoms with E-state index in [0.717, 1.165) is 44.8 Å². The summed E-state index contributed by atoms with van der Waals surface area (Å²) in [5, 5.41) is 5.97. The van der Waals surface area contributed by atoms with Gasteiger partial charge < -0.3 is 15.0 Å². The highest BCUT2D eigenvalue weighted by molar-refractivity contribution is 6.30. The van der Waals surface area contributed by atoms with E-state index in [2.05, 4.69) is 40.5 Å². The molecule has 2 amide bonds. The van der Waals surface area contributed by atoms with E-state index < -0.39 is 0 Å². The molecule has 0 atom stereocenters. The van der Waals surface area contributed by atoms with Crippen LogP contribution in [0.3, 0.4) is 0 Å². The molecule has 3 aromatic carbocycles. The zero-order chi connectivity index (χ0) is 21.5. The van der Waals surface area contributed by atoms with Gasteiger partial charge in [-0.2, -0.15) is 0 Å². The Kier molecular flexibility index (Phi) is 7.41. The monoisotopic (exact) mass is 437 g/mol. The first-order valence-electron chi connectivity index (χ1n) is 10.8. The maximum absolute atomic E-state index is 13.2. The van der Waals surface area contributed by atoms with Crippen molar-refractivity contribution in [1.29, 1.82) is 0 Å². The summed E-state index contributed by atoms with van der Waals surface area (Å²) in [6, 6.07) is 21.7. The highest BCUT2D eigenvalue weighted by Gasteiger charge is 2.17. The molecule has 1 aliphatic heterocycles. The summed E-state index contributed by atoms with van der Waals surface area (Å²) in [5.74, 6) is 0. The van der Waals surface area contributed by atoms with Crippen LogP contribution in [0.25, 0.3) is 10.8 Å². The zero-order valence-electron chi connectivity index (χ0n) is 17.6. The minimum atomic E-state index is -0.114. The van der Waals surface area contributed by atoms with Gasteiger partial charge in [-0.25, -0.2) is 4.79 Å². The number of urea groups is 1. The fourth-order valence-electron chi connectivity index (χ4n) is 3.97. The summed E-state index contributed by atoms with van der Waals surface area (Å²) in [6.07, 6.45) is 0.910. The van der Waals surface area contributed by atoms with Gasteiger partial charge in [0.15, 0.2) is 0 Å². The predicted molar refractivity (Wildman–Crippen MR) is 127 cm³/mol. The smallest absolute Gasteiger partial charge is 0.322 e. The van der Waals surface area contributed by atoms with Crippen molar-refractivity contribution in [2.75, 3.05) is 44.7 Å². The Balaban J connectivity index is 1.48. The van der Waals surface area contributed by atoms with Gasteiger partial charge in [0.25, 0.3) is 0 Å². The van der Waals surface area contributed by atoms with Crippen molar-refractivity contribution in [2.45, 2.75) is 13.0 Å². The van der Waals surface area contributed by atoms with Crippen molar-refractivity contribution in [3.8, 4) is 0 Å². The van der Waals surface area contributed by atoms with Crippen LogP contribution in [0.4, 0.5) is 10.5 Å². The summed E-state index contributed by atoms with van der Waals surface area (Å²) >= 11 is 6.09. The molecule has 3 aromatic rings. The average Bonchev–Trinajstić information content (AvgIpc) is 2.79. The van der Waals surface area contributed by atoms with Crippen LogP contribution in [0.2, 0.25) is 5.02 Å². The fourth-order valence-corrected chi connectivity index (χ4v) is 4.16. The van der Waals surface area contributed by atoms with Crippen LogP contribution in [0, 0.1) is 0 Å². The van der Waals surface area contributed by atoms with Crippen LogP contribution in [-0.2, 0) is 11.3 Å². The number of hydrogen-bond donors (Lipinski definition) is 1. The molecule has 1 heterocycles. The summed E-state index contributed by atoms with van der Waals surface area (Å²) in [4.78, 5) is 17.5. The van der Waals surface area contributed by atoms with E-state index in [-0.39, 0.29) is 6.03 Å². The van der Waals surface area contributed by atoms with Crippen molar-refractivity contribution < 1.29 is 9.53 Å². The van der Waals surface area contributed by atoms with Gasteiger partial charge in [0, 0.05) is 43.4 Å². The quantitative estimate of drug-likeness (QED) is 0.549. The lowest BCUT2D eigenvalue weighted by molar-refractivity contribution is 0.0365. The summed E-state index contributed by atoms with van der Waals surface area (Å²) < 4.78 is 5.43. The van der Waals surface area contributed by atoms with Gasteiger partial charge in [0.05, 0.1) is 13.2 Å². The van der Waals surface area contributed by atoms with Gasteiger partial charge in [-0.05, 0) is 41.0 Å². The van der Waals surface area contributed by atoms with Gasteiger partial charge >= 0.3 is 6.03 Å². The lowest BCUT2D eigenvalue weighted by Gasteiger charge is -2.28. The summed E-state index contributed by atoms with van der Waals surface area (Å²) in [6.45, 7) is 5.67. The molecular weight excluding hydrogens is 410 g/mol. The minimum absolute atomic E-state index is 0.114. The molecule has 1 saturated heterocycles. The fraction of sp³-hybridized carbons (Fsp3) is 0.320. The van der Waals surface area contributed by atoms with Crippen LogP contribution < -0.4 is 5.32 Å². The number of anilines is 1. The van der Waals surface area contributed by atoms with Crippen LogP contribution >= 0.6 is 11.6 Å². The standard InChI is InChI=1S/C25H28ClN3O2/c26-22-9-4-10-23(18-22)27-25(30)29(13-5-12-28-14-16-31-17-15-28)19-21-8-3-7-20-6-1-2-11-24(20)21/h1-4,6-11,18H,5,12-17,19H2,(H,27,30). The van der Waals surface area contributed by atoms with Gasteiger partial charge in [0.1, 0.15) is 0 Å². The number of rotatable bonds is 7.